The summed E-state index contributed by atoms with van der Waals surface area (Å²) in [6.07, 6.45) is 11.6. The first-order valence-corrected chi connectivity index (χ1v) is 27.0. The van der Waals surface area contributed by atoms with E-state index in [-0.39, 0.29) is 49.3 Å². The number of ether oxygens (including phenoxy) is 6. The molecule has 0 spiro atoms. The van der Waals surface area contributed by atoms with Crippen LogP contribution in [0.2, 0.25) is 0 Å². The highest BCUT2D eigenvalue weighted by Crippen LogP contribution is 2.38. The molecule has 0 radical (unpaired) electrons. The zero-order valence-electron chi connectivity index (χ0n) is 45.9. The number of nitrogens with one attached hydrogen (secondary N) is 1. The van der Waals surface area contributed by atoms with Crippen molar-refractivity contribution < 1.29 is 67.4 Å². The van der Waals surface area contributed by atoms with E-state index in [9.17, 15) is 39.0 Å². The van der Waals surface area contributed by atoms with Crippen molar-refractivity contribution in [3.05, 3.63) is 77.7 Å². The number of cyclic esters (lactones) is 1. The monoisotopic (exact) mass is 1050 g/mol. The van der Waals surface area contributed by atoms with Gasteiger partial charge in [0.05, 0.1) is 30.6 Å². The first kappa shape index (κ1) is 60.9. The molecule has 0 aromatic carbocycles. The van der Waals surface area contributed by atoms with Gasteiger partial charge in [-0.1, -0.05) is 77.1 Å². The number of piperidine rings is 1. The predicted octanol–water partition coefficient (Wildman–Crippen LogP) is 7.51. The van der Waals surface area contributed by atoms with Gasteiger partial charge in [-0.05, 0) is 119 Å². The highest BCUT2D eigenvalue weighted by Gasteiger charge is 2.53. The summed E-state index contributed by atoms with van der Waals surface area (Å²) >= 11 is 0. The van der Waals surface area contributed by atoms with Crippen LogP contribution < -0.4 is 5.32 Å². The van der Waals surface area contributed by atoms with E-state index in [0.717, 1.165) is 5.57 Å². The fourth-order valence-electron chi connectivity index (χ4n) is 11.1. The van der Waals surface area contributed by atoms with Crippen LogP contribution in [-0.4, -0.2) is 138 Å². The number of carbonyl (C=O) groups excluding carboxylic acids is 6. The molecule has 3 aliphatic heterocycles. The van der Waals surface area contributed by atoms with Crippen molar-refractivity contribution in [2.75, 3.05) is 27.9 Å². The Morgan fingerprint density at radius 1 is 0.893 bits per heavy atom. The Morgan fingerprint density at radius 2 is 1.65 bits per heavy atom. The molecule has 4 aliphatic rings. The van der Waals surface area contributed by atoms with Crippen molar-refractivity contribution >= 4 is 35.3 Å². The minimum Gasteiger partial charge on any atom is -0.460 e. The fraction of sp³-hybridized carbons (Fsp3) is 0.672. The normalized spacial score (nSPS) is 36.4. The number of Topliss-reactive ketones (excluding diaryl/α,β-unsaturated/α-hetero) is 3. The Kier molecular flexibility index (Phi) is 23.6. The van der Waals surface area contributed by atoms with Gasteiger partial charge in [-0.25, -0.2) is 9.59 Å². The van der Waals surface area contributed by atoms with Crippen LogP contribution in [-0.2, 0) is 58.9 Å². The van der Waals surface area contributed by atoms with E-state index in [1.165, 1.54) is 12.0 Å². The van der Waals surface area contributed by atoms with Gasteiger partial charge in [-0.15, -0.1) is 0 Å². The summed E-state index contributed by atoms with van der Waals surface area (Å²) < 4.78 is 35.6. The third-order valence-electron chi connectivity index (χ3n) is 15.9. The molecule has 17 heteroatoms. The van der Waals surface area contributed by atoms with Gasteiger partial charge >= 0.3 is 12.1 Å². The number of hydrogen-bond donors (Lipinski definition) is 3. The van der Waals surface area contributed by atoms with E-state index in [4.69, 9.17) is 28.4 Å². The number of aromatic nitrogens is 1. The Labute approximate surface area is 444 Å². The second-order valence-electron chi connectivity index (χ2n) is 21.6. The number of methoxy groups -OCH3 is 3. The van der Waals surface area contributed by atoms with Crippen LogP contribution in [0.4, 0.5) is 4.79 Å². The largest absolute Gasteiger partial charge is 0.460 e. The topological polar surface area (TPSA) is 226 Å². The molecule has 17 nitrogen and oxygen atoms in total. The number of aliphatic hydroxyl groups is 2. The number of fused-ring (bicyclic) bond motifs is 3. The quantitative estimate of drug-likeness (QED) is 0.124. The maximum Gasteiger partial charge on any atom is 0.407 e. The molecule has 15 atom stereocenters. The van der Waals surface area contributed by atoms with Crippen LogP contribution in [0.5, 0.6) is 0 Å². The smallest absolute Gasteiger partial charge is 0.407 e. The van der Waals surface area contributed by atoms with Crippen molar-refractivity contribution in [3.63, 3.8) is 0 Å². The maximum atomic E-state index is 14.6. The lowest BCUT2D eigenvalue weighted by Crippen LogP contribution is -2.61. The number of rotatable bonds is 9. The summed E-state index contributed by atoms with van der Waals surface area (Å²) in [5, 5.41) is 26.3. The molecule has 1 unspecified atom stereocenters. The number of esters is 1. The van der Waals surface area contributed by atoms with Gasteiger partial charge < -0.3 is 48.9 Å². The van der Waals surface area contributed by atoms with Crippen LogP contribution in [0.3, 0.4) is 0 Å². The van der Waals surface area contributed by atoms with Crippen LogP contribution in [0.15, 0.2) is 72.0 Å². The van der Waals surface area contributed by atoms with Gasteiger partial charge in [0.1, 0.15) is 36.2 Å². The number of allylic oxidation sites excluding steroid dienone is 6. The van der Waals surface area contributed by atoms with Crippen molar-refractivity contribution in [1.82, 2.24) is 15.2 Å². The standard InChI is InChI=1S/C58H85N3O14/c1-35-18-12-11-13-19-36(2)48(70-8)32-44-24-22-41(7)58(69,75-44)54(65)55(66)61-27-17-15-21-45(61)56(67)73-49(33-46(62)37(3)29-40(6)52(64)53(72-10)51(63)39(5)28-35)38(4)30-42-23-25-47(50(31-42)71-9)74-57(68)60-34-43-20-14-16-26-59-43/h11-14,16,18-20,26,29,35,37-39,41-42,44-45,47-50,52-53,64,69H,15,17,21-25,27-28,30-34H2,1-10H3,(H,60,68)/b13-11+,18-12-,36-19+,40-29+/t35-,37-,38-,39-,41-,42?,44+,45+,47+,48+,49+,50+,52-,53+,58-/m1/s1. The second-order valence-corrected chi connectivity index (χ2v) is 21.6. The maximum absolute atomic E-state index is 14.6. The van der Waals surface area contributed by atoms with Gasteiger partial charge in [0.25, 0.3) is 11.7 Å². The summed E-state index contributed by atoms with van der Waals surface area (Å²) in [4.78, 5) is 89.7. The van der Waals surface area contributed by atoms with E-state index >= 15 is 0 Å². The molecule has 416 valence electrons. The van der Waals surface area contributed by atoms with E-state index in [2.05, 4.69) is 10.3 Å². The molecule has 2 bridgehead atoms. The number of nitrogens with zero attached hydrogens (tertiary/aromatic N) is 2. The summed E-state index contributed by atoms with van der Waals surface area (Å²) in [6.45, 7) is 12.9. The van der Waals surface area contributed by atoms with Crippen molar-refractivity contribution in [1.29, 1.82) is 0 Å². The lowest BCUT2D eigenvalue weighted by atomic mass is 9.78. The molecule has 3 N–H and O–H groups in total. The summed E-state index contributed by atoms with van der Waals surface area (Å²) in [5.74, 6) is -8.36. The first-order valence-electron chi connectivity index (χ1n) is 27.0. The van der Waals surface area contributed by atoms with E-state index in [0.29, 0.717) is 75.5 Å². The Morgan fingerprint density at radius 3 is 2.35 bits per heavy atom. The minimum atomic E-state index is -2.46. The molecule has 3 fully saturated rings. The fourth-order valence-corrected chi connectivity index (χ4v) is 11.1. The number of amides is 2. The molecule has 1 aliphatic carbocycles. The molecule has 75 heavy (non-hydrogen) atoms. The zero-order chi connectivity index (χ0) is 55.0. The highest BCUT2D eigenvalue weighted by molar-refractivity contribution is 6.39. The molecule has 5 rings (SSSR count). The number of carbonyl (C=O) groups is 6. The van der Waals surface area contributed by atoms with Gasteiger partial charge in [0.15, 0.2) is 5.78 Å². The molecular formula is C58H85N3O14. The molecule has 1 saturated carbocycles. The van der Waals surface area contributed by atoms with Crippen LogP contribution in [0.1, 0.15) is 131 Å². The van der Waals surface area contributed by atoms with Gasteiger partial charge in [0, 0.05) is 64.7 Å². The van der Waals surface area contributed by atoms with Gasteiger partial charge in [-0.3, -0.25) is 24.2 Å². The van der Waals surface area contributed by atoms with Gasteiger partial charge in [-0.2, -0.15) is 0 Å². The molecule has 1 aromatic heterocycles. The van der Waals surface area contributed by atoms with Crippen molar-refractivity contribution in [2.45, 2.75) is 187 Å². The minimum absolute atomic E-state index is 0.00176. The SMILES string of the molecule is CO[C@H]1C[C@@H]2CC[C@@H](C)[C@@](O)(O2)C(=O)C(=O)N2CCCC[C@H]2C(=O)O[C@H]([C@H](C)CC2CC[C@H](OC(=O)NCc3ccccn3)[C@@H](OC)C2)CC(=O)[C@H](C)/C=C(\C)[C@@H](O)[C@@H](OC)C(=O)[C@H](C)C[C@H](C)\C=C/C=C/C=C/1C. The third kappa shape index (κ3) is 16.8. The number of aliphatic hydroxyl groups excluding tert-OH is 1. The zero-order valence-corrected chi connectivity index (χ0v) is 45.9. The molecule has 1 aromatic rings. The third-order valence-corrected chi connectivity index (χ3v) is 15.9. The summed E-state index contributed by atoms with van der Waals surface area (Å²) in [6, 6.07) is 4.24. The number of ketones is 3. The molecule has 4 heterocycles. The predicted molar refractivity (Wildman–Crippen MR) is 280 cm³/mol. The van der Waals surface area contributed by atoms with Crippen molar-refractivity contribution in [3.8, 4) is 0 Å². The van der Waals surface area contributed by atoms with Crippen molar-refractivity contribution in [2.24, 2.45) is 35.5 Å². The Bertz CT molecular complexity index is 2210. The molecular weight excluding hydrogens is 963 g/mol. The number of hydrogen-bond acceptors (Lipinski definition) is 15. The lowest BCUT2D eigenvalue weighted by molar-refractivity contribution is -0.265. The molecule has 2 saturated heterocycles. The van der Waals surface area contributed by atoms with Crippen LogP contribution >= 0.6 is 0 Å². The van der Waals surface area contributed by atoms with Gasteiger partial charge in [0.2, 0.25) is 5.79 Å². The number of alkyl carbamates (subject to hydrolysis) is 1. The van der Waals surface area contributed by atoms with Crippen LogP contribution in [0, 0.1) is 35.5 Å². The van der Waals surface area contributed by atoms with E-state index in [1.807, 2.05) is 64.1 Å². The Balaban J connectivity index is 1.42. The summed E-state index contributed by atoms with van der Waals surface area (Å²) in [7, 11) is 4.51. The average Bonchev–Trinajstić information content (AvgIpc) is 3.40. The molecule has 2 amide bonds. The number of pyridine rings is 1. The Hall–Kier alpha value is -4.91. The first-order chi connectivity index (χ1) is 35.7. The summed E-state index contributed by atoms with van der Waals surface area (Å²) in [5.41, 5.74) is 1.92. The lowest BCUT2D eigenvalue weighted by Gasteiger charge is -2.42. The second kappa shape index (κ2) is 29.0. The average molecular weight is 1050 g/mol. The van der Waals surface area contributed by atoms with E-state index in [1.54, 1.807) is 59.4 Å². The van der Waals surface area contributed by atoms with E-state index < -0.39 is 102 Å². The van der Waals surface area contributed by atoms with Crippen LogP contribution in [0.25, 0.3) is 0 Å². The highest BCUT2D eigenvalue weighted by atomic mass is 16.6.